The lowest BCUT2D eigenvalue weighted by molar-refractivity contribution is -0.145. The smallest absolute Gasteiger partial charge is 0.273 e. The zero-order valence-electron chi connectivity index (χ0n) is 16.2. The maximum atomic E-state index is 12.3. The van der Waals surface area contributed by atoms with Crippen LogP contribution in [0.1, 0.15) is 42.4 Å². The van der Waals surface area contributed by atoms with Crippen LogP contribution in [0.5, 0.6) is 0 Å². The largest absolute Gasteiger partial charge is 0.377 e. The van der Waals surface area contributed by atoms with Crippen LogP contribution in [0.15, 0.2) is 30.5 Å². The number of amides is 1. The molecular formula is C19H28N4O4. The van der Waals surface area contributed by atoms with Crippen LogP contribution in [0.25, 0.3) is 0 Å². The van der Waals surface area contributed by atoms with Gasteiger partial charge in [0.15, 0.2) is 12.0 Å². The van der Waals surface area contributed by atoms with Crippen molar-refractivity contribution in [1.29, 1.82) is 0 Å². The van der Waals surface area contributed by atoms with Gasteiger partial charge in [-0.3, -0.25) is 4.79 Å². The number of ether oxygens (including phenoxy) is 3. The van der Waals surface area contributed by atoms with Crippen molar-refractivity contribution in [2.45, 2.75) is 46.8 Å². The van der Waals surface area contributed by atoms with Gasteiger partial charge in [-0.2, -0.15) is 0 Å². The molecule has 0 saturated carbocycles. The van der Waals surface area contributed by atoms with Crippen molar-refractivity contribution in [1.82, 2.24) is 20.3 Å². The maximum absolute atomic E-state index is 12.3. The molecule has 0 saturated heterocycles. The molecule has 0 bridgehead atoms. The highest BCUT2D eigenvalue weighted by molar-refractivity contribution is 5.91. The Labute approximate surface area is 159 Å². The van der Waals surface area contributed by atoms with Crippen molar-refractivity contribution >= 4 is 5.91 Å². The molecule has 1 amide bonds. The summed E-state index contributed by atoms with van der Waals surface area (Å²) < 4.78 is 17.9. The normalized spacial score (nSPS) is 11.1. The molecule has 8 heteroatoms. The number of benzene rings is 1. The summed E-state index contributed by atoms with van der Waals surface area (Å²) in [5, 5.41) is 10.7. The van der Waals surface area contributed by atoms with Crippen molar-refractivity contribution in [3.05, 3.63) is 47.3 Å². The maximum Gasteiger partial charge on any atom is 0.273 e. The Kier molecular flexibility index (Phi) is 8.90. The highest BCUT2D eigenvalue weighted by atomic mass is 16.7. The topological polar surface area (TPSA) is 87.5 Å². The number of aromatic nitrogens is 3. The minimum Gasteiger partial charge on any atom is -0.377 e. The van der Waals surface area contributed by atoms with E-state index < -0.39 is 6.29 Å². The molecule has 0 atom stereocenters. The fourth-order valence-corrected chi connectivity index (χ4v) is 2.42. The molecule has 2 rings (SSSR count). The van der Waals surface area contributed by atoms with Gasteiger partial charge in [-0.1, -0.05) is 29.5 Å². The van der Waals surface area contributed by atoms with Gasteiger partial charge in [0.05, 0.1) is 19.3 Å². The summed E-state index contributed by atoms with van der Waals surface area (Å²) in [6, 6.07) is 7.94. The van der Waals surface area contributed by atoms with Gasteiger partial charge >= 0.3 is 0 Å². The van der Waals surface area contributed by atoms with E-state index in [9.17, 15) is 4.79 Å². The summed E-state index contributed by atoms with van der Waals surface area (Å²) in [5.41, 5.74) is 2.37. The zero-order chi connectivity index (χ0) is 19.5. The summed E-state index contributed by atoms with van der Waals surface area (Å²) in [5.74, 6) is -0.274. The van der Waals surface area contributed by atoms with Crippen LogP contribution in [0.3, 0.4) is 0 Å². The molecule has 0 aliphatic heterocycles. The highest BCUT2D eigenvalue weighted by Crippen LogP contribution is 2.06. The summed E-state index contributed by atoms with van der Waals surface area (Å²) in [4.78, 5) is 12.3. The van der Waals surface area contributed by atoms with Crippen molar-refractivity contribution < 1.29 is 19.0 Å². The van der Waals surface area contributed by atoms with Crippen LogP contribution < -0.4 is 5.32 Å². The summed E-state index contributed by atoms with van der Waals surface area (Å²) in [7, 11) is 0. The number of rotatable bonds is 12. The molecular weight excluding hydrogens is 348 g/mol. The average molecular weight is 376 g/mol. The molecule has 0 unspecified atom stereocenters. The third-order valence-corrected chi connectivity index (χ3v) is 3.76. The van der Waals surface area contributed by atoms with Gasteiger partial charge in [-0.05, 0) is 31.9 Å². The molecule has 27 heavy (non-hydrogen) atoms. The Bertz CT molecular complexity index is 681. The van der Waals surface area contributed by atoms with Gasteiger partial charge in [-0.25, -0.2) is 4.68 Å². The number of hydrogen-bond acceptors (Lipinski definition) is 6. The number of nitrogens with one attached hydrogen (secondary N) is 1. The van der Waals surface area contributed by atoms with Crippen molar-refractivity contribution in [3.8, 4) is 0 Å². The van der Waals surface area contributed by atoms with Gasteiger partial charge in [0.25, 0.3) is 5.91 Å². The molecule has 0 spiro atoms. The fraction of sp³-hybridized carbons (Fsp3) is 0.526. The lowest BCUT2D eigenvalue weighted by atomic mass is 10.1. The summed E-state index contributed by atoms with van der Waals surface area (Å²) in [6.07, 6.45) is 1.18. The number of carbonyl (C=O) groups is 1. The van der Waals surface area contributed by atoms with Crippen molar-refractivity contribution in [2.24, 2.45) is 0 Å². The second-order valence-corrected chi connectivity index (χ2v) is 5.80. The lowest BCUT2D eigenvalue weighted by Gasteiger charge is -2.16. The van der Waals surface area contributed by atoms with E-state index in [1.54, 1.807) is 10.9 Å². The van der Waals surface area contributed by atoms with E-state index in [2.05, 4.69) is 15.6 Å². The molecule has 8 nitrogen and oxygen atoms in total. The molecule has 148 valence electrons. The van der Waals surface area contributed by atoms with Crippen LogP contribution in [0, 0.1) is 0 Å². The molecule has 1 aromatic heterocycles. The van der Waals surface area contributed by atoms with E-state index in [0.29, 0.717) is 39.5 Å². The SMILES string of the molecule is CCOCc1ccc(CNC(=O)c2cn(CC(OCC)OCC)nn2)cc1. The minimum atomic E-state index is -0.409. The Morgan fingerprint density at radius 3 is 2.37 bits per heavy atom. The second kappa shape index (κ2) is 11.4. The van der Waals surface area contributed by atoms with Crippen LogP contribution in [-0.4, -0.2) is 47.0 Å². The van der Waals surface area contributed by atoms with Crippen LogP contribution in [0.4, 0.5) is 0 Å². The van der Waals surface area contributed by atoms with E-state index in [0.717, 1.165) is 11.1 Å². The number of carbonyl (C=O) groups excluding carboxylic acids is 1. The first kappa shape index (κ1) is 21.0. The van der Waals surface area contributed by atoms with Crippen molar-refractivity contribution in [3.63, 3.8) is 0 Å². The summed E-state index contributed by atoms with van der Waals surface area (Å²) >= 11 is 0. The zero-order valence-corrected chi connectivity index (χ0v) is 16.2. The van der Waals surface area contributed by atoms with E-state index in [1.807, 2.05) is 45.0 Å². The average Bonchev–Trinajstić information content (AvgIpc) is 3.14. The highest BCUT2D eigenvalue weighted by Gasteiger charge is 2.14. The Morgan fingerprint density at radius 1 is 1.07 bits per heavy atom. The predicted octanol–water partition coefficient (Wildman–Crippen LogP) is 2.14. The summed E-state index contributed by atoms with van der Waals surface area (Å²) in [6.45, 7) is 8.92. The van der Waals surface area contributed by atoms with Crippen molar-refractivity contribution in [2.75, 3.05) is 19.8 Å². The number of nitrogens with zero attached hydrogens (tertiary/aromatic N) is 3. The van der Waals surface area contributed by atoms with Gasteiger partial charge < -0.3 is 19.5 Å². The fourth-order valence-electron chi connectivity index (χ4n) is 2.42. The van der Waals surface area contributed by atoms with E-state index >= 15 is 0 Å². The molecule has 2 aromatic rings. The predicted molar refractivity (Wildman–Crippen MR) is 100 cm³/mol. The first-order chi connectivity index (χ1) is 13.2. The van der Waals surface area contributed by atoms with Gasteiger partial charge in [0, 0.05) is 26.4 Å². The molecule has 0 fully saturated rings. The van der Waals surface area contributed by atoms with E-state index in [1.165, 1.54) is 0 Å². The van der Waals surface area contributed by atoms with E-state index in [4.69, 9.17) is 14.2 Å². The van der Waals surface area contributed by atoms with Gasteiger partial charge in [-0.15, -0.1) is 5.10 Å². The molecule has 0 radical (unpaired) electrons. The molecule has 1 heterocycles. The lowest BCUT2D eigenvalue weighted by Crippen LogP contribution is -2.24. The van der Waals surface area contributed by atoms with Gasteiger partial charge in [0.1, 0.15) is 0 Å². The Hall–Kier alpha value is -2.29. The third-order valence-electron chi connectivity index (χ3n) is 3.76. The molecule has 0 aliphatic carbocycles. The first-order valence-corrected chi connectivity index (χ1v) is 9.23. The first-order valence-electron chi connectivity index (χ1n) is 9.23. The van der Waals surface area contributed by atoms with Gasteiger partial charge in [0.2, 0.25) is 0 Å². The van der Waals surface area contributed by atoms with Crippen LogP contribution in [-0.2, 0) is 33.9 Å². The third kappa shape index (κ3) is 7.09. The van der Waals surface area contributed by atoms with Crippen LogP contribution in [0.2, 0.25) is 0 Å². The molecule has 0 aliphatic rings. The number of hydrogen-bond donors (Lipinski definition) is 1. The minimum absolute atomic E-state index is 0.259. The second-order valence-electron chi connectivity index (χ2n) is 5.80. The van der Waals surface area contributed by atoms with E-state index in [-0.39, 0.29) is 11.6 Å². The Balaban J connectivity index is 1.84. The monoisotopic (exact) mass is 376 g/mol. The molecule has 1 aromatic carbocycles. The van der Waals surface area contributed by atoms with Crippen LogP contribution >= 0.6 is 0 Å². The molecule has 1 N–H and O–H groups in total. The Morgan fingerprint density at radius 2 is 1.74 bits per heavy atom. The standard InChI is InChI=1S/C19H28N4O4/c1-4-25-14-16-9-7-15(8-10-16)11-20-19(24)17-12-23(22-21-17)13-18(26-5-2)27-6-3/h7-10,12,18H,4-6,11,13-14H2,1-3H3,(H,20,24). The quantitative estimate of drug-likeness (QED) is 0.571.